The fourth-order valence-electron chi connectivity index (χ4n) is 2.73. The van der Waals surface area contributed by atoms with Crippen LogP contribution in [0.1, 0.15) is 37.8 Å². The number of likely N-dealkylation sites (tertiary alicyclic amines) is 1. The Labute approximate surface area is 137 Å². The van der Waals surface area contributed by atoms with Crippen molar-refractivity contribution in [3.8, 4) is 0 Å². The summed E-state index contributed by atoms with van der Waals surface area (Å²) in [6.45, 7) is 2.82. The lowest BCUT2D eigenvalue weighted by Crippen LogP contribution is -2.53. The maximum absolute atomic E-state index is 12.5. The van der Waals surface area contributed by atoms with Gasteiger partial charge in [0.15, 0.2) is 0 Å². The highest BCUT2D eigenvalue weighted by atomic mass is 32.2. The number of carbonyl (C=O) groups is 1. The van der Waals surface area contributed by atoms with Gasteiger partial charge < -0.3 is 10.2 Å². The van der Waals surface area contributed by atoms with Gasteiger partial charge in [-0.15, -0.1) is 0 Å². The first-order chi connectivity index (χ1) is 10.9. The molecule has 2 amide bonds. The van der Waals surface area contributed by atoms with Crippen molar-refractivity contribution < 1.29 is 13.2 Å². The Morgan fingerprint density at radius 3 is 2.74 bits per heavy atom. The molecule has 1 aromatic rings. The second-order valence-corrected chi connectivity index (χ2v) is 7.75. The maximum atomic E-state index is 12.5. The number of urea groups is 1. The van der Waals surface area contributed by atoms with Crippen molar-refractivity contribution in [2.45, 2.75) is 38.3 Å². The lowest BCUT2D eigenvalue weighted by molar-refractivity contribution is 0.149. The third kappa shape index (κ3) is 5.47. The zero-order chi connectivity index (χ0) is 16.9. The molecule has 2 heterocycles. The molecule has 1 aliphatic rings. The van der Waals surface area contributed by atoms with Crippen LogP contribution in [0.25, 0.3) is 0 Å². The summed E-state index contributed by atoms with van der Waals surface area (Å²) in [5, 5.41) is 2.98. The molecule has 7 nitrogen and oxygen atoms in total. The van der Waals surface area contributed by atoms with E-state index in [1.165, 1.54) is 0 Å². The molecule has 0 aliphatic carbocycles. The van der Waals surface area contributed by atoms with Crippen LogP contribution in [0.3, 0.4) is 0 Å². The van der Waals surface area contributed by atoms with Crippen molar-refractivity contribution in [1.29, 1.82) is 0 Å². The van der Waals surface area contributed by atoms with Crippen molar-refractivity contribution in [1.82, 2.24) is 19.9 Å². The predicted molar refractivity (Wildman–Crippen MR) is 88.4 cm³/mol. The molecule has 1 fully saturated rings. The fraction of sp³-hybridized carbons (Fsp3) is 0.600. The van der Waals surface area contributed by atoms with Crippen LogP contribution in [-0.4, -0.2) is 49.7 Å². The number of nitrogens with zero attached hydrogens (tertiary/aromatic N) is 2. The highest BCUT2D eigenvalue weighted by Gasteiger charge is 2.28. The minimum atomic E-state index is -3.25. The normalized spacial score (nSPS) is 20.1. The van der Waals surface area contributed by atoms with Crippen LogP contribution >= 0.6 is 0 Å². The van der Waals surface area contributed by atoms with Gasteiger partial charge in [0, 0.05) is 31.5 Å². The molecule has 0 saturated carbocycles. The van der Waals surface area contributed by atoms with Crippen LogP contribution in [0.15, 0.2) is 24.5 Å². The van der Waals surface area contributed by atoms with Gasteiger partial charge in [-0.05, 0) is 43.9 Å². The number of amides is 2. The van der Waals surface area contributed by atoms with E-state index in [1.54, 1.807) is 17.3 Å². The van der Waals surface area contributed by atoms with E-state index in [-0.39, 0.29) is 24.7 Å². The van der Waals surface area contributed by atoms with Crippen LogP contribution in [0.5, 0.6) is 0 Å². The second kappa shape index (κ2) is 7.74. The molecular weight excluding hydrogens is 316 g/mol. The van der Waals surface area contributed by atoms with Crippen LogP contribution < -0.4 is 10.0 Å². The van der Waals surface area contributed by atoms with Gasteiger partial charge in [0.05, 0.1) is 12.3 Å². The number of sulfonamides is 1. The Hall–Kier alpha value is -1.67. The largest absolute Gasteiger partial charge is 0.331 e. The van der Waals surface area contributed by atoms with Gasteiger partial charge in [-0.1, -0.05) is 0 Å². The summed E-state index contributed by atoms with van der Waals surface area (Å²) in [5.74, 6) is 0. The quantitative estimate of drug-likeness (QED) is 0.844. The third-order valence-electron chi connectivity index (χ3n) is 4.02. The molecule has 1 aliphatic heterocycles. The Balaban J connectivity index is 1.97. The van der Waals surface area contributed by atoms with Crippen LogP contribution in [-0.2, 0) is 10.0 Å². The summed E-state index contributed by atoms with van der Waals surface area (Å²) in [5.41, 5.74) is 0.983. The van der Waals surface area contributed by atoms with Gasteiger partial charge in [-0.3, -0.25) is 4.98 Å². The lowest BCUT2D eigenvalue weighted by atomic mass is 10.0. The maximum Gasteiger partial charge on any atom is 0.318 e. The van der Waals surface area contributed by atoms with E-state index in [0.717, 1.165) is 31.1 Å². The highest BCUT2D eigenvalue weighted by molar-refractivity contribution is 7.88. The van der Waals surface area contributed by atoms with E-state index in [0.29, 0.717) is 6.54 Å². The minimum absolute atomic E-state index is 0.108. The molecule has 2 atom stereocenters. The molecule has 0 radical (unpaired) electrons. The van der Waals surface area contributed by atoms with Crippen molar-refractivity contribution >= 4 is 16.1 Å². The van der Waals surface area contributed by atoms with Gasteiger partial charge in [-0.2, -0.15) is 0 Å². The van der Waals surface area contributed by atoms with Crippen molar-refractivity contribution in [3.63, 3.8) is 0 Å². The molecule has 8 heteroatoms. The summed E-state index contributed by atoms with van der Waals surface area (Å²) in [7, 11) is -3.25. The minimum Gasteiger partial charge on any atom is -0.331 e. The van der Waals surface area contributed by atoms with Crippen LogP contribution in [0.4, 0.5) is 4.79 Å². The average molecular weight is 340 g/mol. The first-order valence-corrected chi connectivity index (χ1v) is 9.67. The molecule has 128 valence electrons. The second-order valence-electron chi connectivity index (χ2n) is 5.92. The number of carbonyl (C=O) groups excluding carboxylic acids is 1. The van der Waals surface area contributed by atoms with E-state index in [9.17, 15) is 13.2 Å². The summed E-state index contributed by atoms with van der Waals surface area (Å²) in [4.78, 5) is 18.2. The van der Waals surface area contributed by atoms with Gasteiger partial charge in [0.25, 0.3) is 0 Å². The van der Waals surface area contributed by atoms with Crippen LogP contribution in [0.2, 0.25) is 0 Å². The standard InChI is InChI=1S/C15H24N4O3S/c1-12(13-6-8-16-9-7-13)18-15(20)19-10-4-3-5-14(19)11-17-23(2,21)22/h6-9,12,14,17H,3-5,10-11H2,1-2H3,(H,18,20)/t12-,14+/m1/s1. The van der Waals surface area contributed by atoms with Crippen molar-refractivity contribution in [3.05, 3.63) is 30.1 Å². The van der Waals surface area contributed by atoms with E-state index >= 15 is 0 Å². The third-order valence-corrected chi connectivity index (χ3v) is 4.71. The number of rotatable bonds is 5. The Bertz CT molecular complexity index is 621. The van der Waals surface area contributed by atoms with E-state index < -0.39 is 10.0 Å². The molecule has 0 spiro atoms. The van der Waals surface area contributed by atoms with E-state index in [4.69, 9.17) is 0 Å². The topological polar surface area (TPSA) is 91.4 Å². The molecule has 1 saturated heterocycles. The molecule has 1 aromatic heterocycles. The zero-order valence-electron chi connectivity index (χ0n) is 13.5. The first kappa shape index (κ1) is 17.7. The van der Waals surface area contributed by atoms with Gasteiger partial charge in [0.2, 0.25) is 10.0 Å². The summed E-state index contributed by atoms with van der Waals surface area (Å²) in [6.07, 6.45) is 7.26. The predicted octanol–water partition coefficient (Wildman–Crippen LogP) is 1.26. The molecule has 0 unspecified atom stereocenters. The Kier molecular flexibility index (Phi) is 5.95. The molecule has 0 aromatic carbocycles. The Morgan fingerprint density at radius 1 is 1.39 bits per heavy atom. The number of hydrogen-bond donors (Lipinski definition) is 2. The number of pyridine rings is 1. The zero-order valence-corrected chi connectivity index (χ0v) is 14.3. The smallest absolute Gasteiger partial charge is 0.318 e. The number of nitrogens with one attached hydrogen (secondary N) is 2. The summed E-state index contributed by atoms with van der Waals surface area (Å²) >= 11 is 0. The molecular formula is C15H24N4O3S. The highest BCUT2D eigenvalue weighted by Crippen LogP contribution is 2.18. The first-order valence-electron chi connectivity index (χ1n) is 7.78. The van der Waals surface area contributed by atoms with E-state index in [2.05, 4.69) is 15.0 Å². The van der Waals surface area contributed by atoms with Gasteiger partial charge >= 0.3 is 6.03 Å². The number of piperidine rings is 1. The van der Waals surface area contributed by atoms with Crippen LogP contribution in [0, 0.1) is 0 Å². The number of aromatic nitrogens is 1. The van der Waals surface area contributed by atoms with E-state index in [1.807, 2.05) is 19.1 Å². The van der Waals surface area contributed by atoms with Crippen molar-refractivity contribution in [2.24, 2.45) is 0 Å². The Morgan fingerprint density at radius 2 is 2.09 bits per heavy atom. The van der Waals surface area contributed by atoms with Gasteiger partial charge in [-0.25, -0.2) is 17.9 Å². The van der Waals surface area contributed by atoms with Crippen molar-refractivity contribution in [2.75, 3.05) is 19.3 Å². The fourth-order valence-corrected chi connectivity index (χ4v) is 3.23. The lowest BCUT2D eigenvalue weighted by Gasteiger charge is -2.36. The molecule has 0 bridgehead atoms. The molecule has 2 rings (SSSR count). The SMILES string of the molecule is C[C@@H](NC(=O)N1CCCC[C@H]1CNS(C)(=O)=O)c1ccncc1. The molecule has 23 heavy (non-hydrogen) atoms. The summed E-state index contributed by atoms with van der Waals surface area (Å²) in [6, 6.07) is 3.33. The average Bonchev–Trinajstić information content (AvgIpc) is 2.53. The number of hydrogen-bond acceptors (Lipinski definition) is 4. The monoisotopic (exact) mass is 340 g/mol. The summed E-state index contributed by atoms with van der Waals surface area (Å²) < 4.78 is 25.1. The van der Waals surface area contributed by atoms with Gasteiger partial charge in [0.1, 0.15) is 0 Å². The molecule has 2 N–H and O–H groups in total.